The first-order valence-corrected chi connectivity index (χ1v) is 7.19. The fraction of sp³-hybridized carbons (Fsp3) is 0.167. The predicted molar refractivity (Wildman–Crippen MR) is 79.9 cm³/mol. The molecule has 1 amide bonds. The number of nitrogen functional groups attached to an aromatic ring is 1. The number of carbonyl (C=O) groups is 1. The topological polar surface area (TPSA) is 71.2 Å². The number of nitrogens with two attached hydrogens (primary N) is 1. The Bertz CT molecular complexity index is 587. The van der Waals surface area contributed by atoms with Gasteiger partial charge in [0.1, 0.15) is 11.5 Å². The molecule has 0 fully saturated rings. The highest BCUT2D eigenvalue weighted by molar-refractivity contribution is 9.10. The molecule has 5 nitrogen and oxygen atoms in total. The van der Waals surface area contributed by atoms with Gasteiger partial charge in [-0.3, -0.25) is 4.79 Å². The zero-order valence-corrected chi connectivity index (χ0v) is 12.7. The van der Waals surface area contributed by atoms with E-state index in [1.165, 1.54) is 0 Å². The molecule has 0 saturated carbocycles. The van der Waals surface area contributed by atoms with Crippen LogP contribution in [-0.4, -0.2) is 22.8 Å². The minimum Gasteiger partial charge on any atom is -0.335 e. The van der Waals surface area contributed by atoms with Crippen molar-refractivity contribution >= 4 is 39.0 Å². The summed E-state index contributed by atoms with van der Waals surface area (Å²) in [4.78, 5) is 19.1. The first kappa shape index (κ1) is 14.0. The number of aromatic nitrogens is 1. The van der Waals surface area contributed by atoms with E-state index in [0.29, 0.717) is 18.1 Å². The van der Waals surface area contributed by atoms with Gasteiger partial charge in [0, 0.05) is 21.8 Å². The average Bonchev–Trinajstić information content (AvgIpc) is 2.83. The average molecular weight is 341 g/mol. The maximum atomic E-state index is 12.2. The standard InChI is InChI=1S/C12H13BrN4OS/c1-17(6-9-5-8(13)7-19-9)12(18)10-3-2-4-11(15-10)16-14/h2-5,7H,6,14H2,1H3,(H,15,16). The van der Waals surface area contributed by atoms with Crippen molar-refractivity contribution < 1.29 is 4.79 Å². The highest BCUT2D eigenvalue weighted by Crippen LogP contribution is 2.21. The maximum Gasteiger partial charge on any atom is 0.272 e. The number of carbonyl (C=O) groups excluding carboxylic acids is 1. The summed E-state index contributed by atoms with van der Waals surface area (Å²) in [6.45, 7) is 0.553. The van der Waals surface area contributed by atoms with Crippen LogP contribution in [0.4, 0.5) is 5.82 Å². The van der Waals surface area contributed by atoms with Crippen LogP contribution in [-0.2, 0) is 6.54 Å². The molecule has 2 aromatic heterocycles. The monoisotopic (exact) mass is 340 g/mol. The van der Waals surface area contributed by atoms with Crippen molar-refractivity contribution in [3.63, 3.8) is 0 Å². The summed E-state index contributed by atoms with van der Waals surface area (Å²) >= 11 is 5.00. The second-order valence-electron chi connectivity index (χ2n) is 3.94. The number of nitrogens with zero attached hydrogens (tertiary/aromatic N) is 2. The Labute approximate surface area is 123 Å². The summed E-state index contributed by atoms with van der Waals surface area (Å²) in [6.07, 6.45) is 0. The molecule has 0 bridgehead atoms. The molecular formula is C12H13BrN4OS. The van der Waals surface area contributed by atoms with Crippen LogP contribution in [0.1, 0.15) is 15.4 Å². The summed E-state index contributed by atoms with van der Waals surface area (Å²) in [7, 11) is 1.75. The van der Waals surface area contributed by atoms with Gasteiger partial charge in [0.2, 0.25) is 0 Å². The molecule has 0 aliphatic heterocycles. The van der Waals surface area contributed by atoms with E-state index in [1.807, 2.05) is 11.4 Å². The van der Waals surface area contributed by atoms with Crippen LogP contribution in [0.15, 0.2) is 34.1 Å². The Balaban J connectivity index is 2.09. The molecule has 0 spiro atoms. The molecule has 100 valence electrons. The lowest BCUT2D eigenvalue weighted by Crippen LogP contribution is -2.27. The number of rotatable bonds is 4. The van der Waals surface area contributed by atoms with Crippen molar-refractivity contribution in [1.82, 2.24) is 9.88 Å². The van der Waals surface area contributed by atoms with Gasteiger partial charge >= 0.3 is 0 Å². The van der Waals surface area contributed by atoms with Crippen LogP contribution in [0.3, 0.4) is 0 Å². The third kappa shape index (κ3) is 3.52. The van der Waals surface area contributed by atoms with E-state index in [0.717, 1.165) is 9.35 Å². The number of pyridine rings is 1. The van der Waals surface area contributed by atoms with Crippen molar-refractivity contribution in [2.45, 2.75) is 6.54 Å². The van der Waals surface area contributed by atoms with E-state index in [2.05, 4.69) is 26.3 Å². The molecule has 0 aliphatic rings. The summed E-state index contributed by atoms with van der Waals surface area (Å²) in [5, 5.41) is 1.99. The Morgan fingerprint density at radius 1 is 1.58 bits per heavy atom. The summed E-state index contributed by atoms with van der Waals surface area (Å²) in [6, 6.07) is 7.11. The van der Waals surface area contributed by atoms with Crippen molar-refractivity contribution in [2.75, 3.05) is 12.5 Å². The van der Waals surface area contributed by atoms with Gasteiger partial charge in [-0.15, -0.1) is 11.3 Å². The summed E-state index contributed by atoms with van der Waals surface area (Å²) < 4.78 is 1.03. The van der Waals surface area contributed by atoms with Crippen LogP contribution in [0.5, 0.6) is 0 Å². The molecule has 0 saturated heterocycles. The third-order valence-electron chi connectivity index (χ3n) is 2.48. The van der Waals surface area contributed by atoms with Crippen LogP contribution in [0.2, 0.25) is 0 Å². The molecule has 2 aromatic rings. The molecule has 2 heterocycles. The highest BCUT2D eigenvalue weighted by Gasteiger charge is 2.14. The minimum atomic E-state index is -0.137. The molecule has 19 heavy (non-hydrogen) atoms. The van der Waals surface area contributed by atoms with Crippen molar-refractivity contribution in [1.29, 1.82) is 0 Å². The summed E-state index contributed by atoms with van der Waals surface area (Å²) in [5.41, 5.74) is 2.80. The number of anilines is 1. The number of amides is 1. The number of hydrazine groups is 1. The molecule has 7 heteroatoms. The molecule has 3 N–H and O–H groups in total. The SMILES string of the molecule is CN(Cc1cc(Br)cs1)C(=O)c1cccc(NN)n1. The number of hydrogen-bond acceptors (Lipinski definition) is 5. The molecule has 0 radical (unpaired) electrons. The van der Waals surface area contributed by atoms with Crippen LogP contribution in [0, 0.1) is 0 Å². The fourth-order valence-corrected chi connectivity index (χ4v) is 3.08. The number of hydrogen-bond donors (Lipinski definition) is 2. The van der Waals surface area contributed by atoms with Crippen LogP contribution < -0.4 is 11.3 Å². The largest absolute Gasteiger partial charge is 0.335 e. The first-order chi connectivity index (χ1) is 9.10. The minimum absolute atomic E-state index is 0.137. The zero-order valence-electron chi connectivity index (χ0n) is 10.3. The van der Waals surface area contributed by atoms with Crippen LogP contribution >= 0.6 is 27.3 Å². The lowest BCUT2D eigenvalue weighted by Gasteiger charge is -2.15. The maximum absolute atomic E-state index is 12.2. The smallest absolute Gasteiger partial charge is 0.272 e. The Hall–Kier alpha value is -1.44. The Kier molecular flexibility index (Phi) is 4.52. The Morgan fingerprint density at radius 3 is 3.00 bits per heavy atom. The van der Waals surface area contributed by atoms with Gasteiger partial charge in [-0.1, -0.05) is 6.07 Å². The second-order valence-corrected chi connectivity index (χ2v) is 5.86. The van der Waals surface area contributed by atoms with Gasteiger partial charge < -0.3 is 10.3 Å². The van der Waals surface area contributed by atoms with E-state index in [1.54, 1.807) is 41.5 Å². The number of halogens is 1. The highest BCUT2D eigenvalue weighted by atomic mass is 79.9. The van der Waals surface area contributed by atoms with E-state index in [-0.39, 0.29) is 5.91 Å². The second kappa shape index (κ2) is 6.14. The molecular weight excluding hydrogens is 328 g/mol. The third-order valence-corrected chi connectivity index (χ3v) is 4.16. The normalized spacial score (nSPS) is 10.3. The van der Waals surface area contributed by atoms with Gasteiger partial charge in [0.15, 0.2) is 0 Å². The van der Waals surface area contributed by atoms with E-state index >= 15 is 0 Å². The lowest BCUT2D eigenvalue weighted by molar-refractivity contribution is 0.0781. The van der Waals surface area contributed by atoms with Crippen LogP contribution in [0.25, 0.3) is 0 Å². The fourth-order valence-electron chi connectivity index (χ4n) is 1.57. The quantitative estimate of drug-likeness (QED) is 0.662. The molecule has 2 rings (SSSR count). The molecule has 0 aromatic carbocycles. The van der Waals surface area contributed by atoms with Gasteiger partial charge in [0.25, 0.3) is 5.91 Å². The first-order valence-electron chi connectivity index (χ1n) is 5.52. The number of nitrogens with one attached hydrogen (secondary N) is 1. The van der Waals surface area contributed by atoms with E-state index in [4.69, 9.17) is 5.84 Å². The summed E-state index contributed by atoms with van der Waals surface area (Å²) in [5.74, 6) is 5.61. The van der Waals surface area contributed by atoms with E-state index < -0.39 is 0 Å². The molecule has 0 aliphatic carbocycles. The van der Waals surface area contributed by atoms with E-state index in [9.17, 15) is 4.79 Å². The lowest BCUT2D eigenvalue weighted by atomic mass is 10.3. The predicted octanol–water partition coefficient (Wildman–Crippen LogP) is 2.46. The van der Waals surface area contributed by atoms with Crippen molar-refractivity contribution in [2.24, 2.45) is 5.84 Å². The number of thiophene rings is 1. The van der Waals surface area contributed by atoms with Gasteiger partial charge in [-0.25, -0.2) is 10.8 Å². The van der Waals surface area contributed by atoms with Gasteiger partial charge in [-0.2, -0.15) is 0 Å². The van der Waals surface area contributed by atoms with Gasteiger partial charge in [-0.05, 0) is 34.1 Å². The van der Waals surface area contributed by atoms with Gasteiger partial charge in [0.05, 0.1) is 6.54 Å². The zero-order chi connectivity index (χ0) is 13.8. The Morgan fingerprint density at radius 2 is 2.37 bits per heavy atom. The van der Waals surface area contributed by atoms with Crippen molar-refractivity contribution in [3.8, 4) is 0 Å². The molecule has 0 atom stereocenters. The van der Waals surface area contributed by atoms with Crippen molar-refractivity contribution in [3.05, 3.63) is 44.7 Å². The molecule has 0 unspecified atom stereocenters.